The molecule has 1 fully saturated rings. The molecule has 0 aliphatic carbocycles. The van der Waals surface area contributed by atoms with Crippen molar-refractivity contribution < 1.29 is 23.4 Å². The zero-order valence-corrected chi connectivity index (χ0v) is 13.3. The van der Waals surface area contributed by atoms with Crippen LogP contribution in [0.15, 0.2) is 34.9 Å². The fourth-order valence-electron chi connectivity index (χ4n) is 2.74. The maximum absolute atomic E-state index is 13.2. The average Bonchev–Trinajstić information content (AvgIpc) is 2.91. The molecular weight excluding hydrogens is 315 g/mol. The Kier molecular flexibility index (Phi) is 4.80. The predicted octanol–water partition coefficient (Wildman–Crippen LogP) is 2.17. The van der Waals surface area contributed by atoms with Gasteiger partial charge in [0.1, 0.15) is 23.9 Å². The molecule has 0 unspecified atom stereocenters. The third kappa shape index (κ3) is 3.73. The second-order valence-corrected chi connectivity index (χ2v) is 5.80. The number of carbonyl (C=O) groups excluding carboxylic acids is 1. The van der Waals surface area contributed by atoms with Crippen molar-refractivity contribution in [2.75, 3.05) is 13.1 Å². The van der Waals surface area contributed by atoms with Crippen LogP contribution in [0.25, 0.3) is 0 Å². The van der Waals surface area contributed by atoms with Gasteiger partial charge in [-0.05, 0) is 18.6 Å². The van der Waals surface area contributed by atoms with Crippen LogP contribution in [0, 0.1) is 12.7 Å². The van der Waals surface area contributed by atoms with E-state index in [-0.39, 0.29) is 11.6 Å². The number of aliphatic hydroxyl groups excluding tert-OH is 1. The summed E-state index contributed by atoms with van der Waals surface area (Å²) >= 11 is 0. The van der Waals surface area contributed by atoms with Gasteiger partial charge in [0.25, 0.3) is 5.91 Å². The summed E-state index contributed by atoms with van der Waals surface area (Å²) in [5.74, 6) is 0.172. The van der Waals surface area contributed by atoms with Crippen molar-refractivity contribution in [2.45, 2.75) is 32.0 Å². The van der Waals surface area contributed by atoms with E-state index in [2.05, 4.69) is 4.98 Å². The Bertz CT molecular complexity index is 718. The van der Waals surface area contributed by atoms with Gasteiger partial charge in [0.2, 0.25) is 0 Å². The number of ether oxygens (including phenoxy) is 1. The number of aromatic nitrogens is 1. The molecule has 1 aliphatic heterocycles. The highest BCUT2D eigenvalue weighted by molar-refractivity contribution is 5.92. The van der Waals surface area contributed by atoms with Gasteiger partial charge in [-0.3, -0.25) is 4.79 Å². The summed E-state index contributed by atoms with van der Waals surface area (Å²) in [7, 11) is 0. The standard InChI is InChI=1S/C17H19FN2O4/c1-11-19-14(10-23-11)17(22)20-7-5-15(21)16(6-8-20)24-13-4-2-3-12(18)9-13/h2-4,9-10,15-16,21H,5-8H2,1H3/t15-,16-/m0/s1. The Morgan fingerprint density at radius 2 is 2.21 bits per heavy atom. The maximum atomic E-state index is 13.2. The van der Waals surface area contributed by atoms with Crippen LogP contribution in [0.3, 0.4) is 0 Å². The van der Waals surface area contributed by atoms with E-state index in [1.54, 1.807) is 24.0 Å². The molecule has 3 rings (SSSR count). The second-order valence-electron chi connectivity index (χ2n) is 5.80. The van der Waals surface area contributed by atoms with Gasteiger partial charge in [-0.25, -0.2) is 9.37 Å². The number of likely N-dealkylation sites (tertiary alicyclic amines) is 1. The van der Waals surface area contributed by atoms with E-state index in [9.17, 15) is 14.3 Å². The number of nitrogens with zero attached hydrogens (tertiary/aromatic N) is 2. The minimum Gasteiger partial charge on any atom is -0.488 e. The molecule has 2 heterocycles. The molecule has 2 aromatic rings. The Hall–Kier alpha value is -2.41. The molecule has 128 valence electrons. The van der Waals surface area contributed by atoms with Crippen LogP contribution in [0.4, 0.5) is 4.39 Å². The summed E-state index contributed by atoms with van der Waals surface area (Å²) in [5, 5.41) is 10.3. The normalized spacial score (nSPS) is 21.4. The van der Waals surface area contributed by atoms with E-state index < -0.39 is 18.0 Å². The minimum absolute atomic E-state index is 0.231. The largest absolute Gasteiger partial charge is 0.488 e. The molecule has 2 atom stereocenters. The number of hydrogen-bond acceptors (Lipinski definition) is 5. The SMILES string of the molecule is Cc1nc(C(=O)N2CC[C@H](Oc3cccc(F)c3)[C@@H](O)CC2)co1. The Balaban J connectivity index is 1.65. The first-order chi connectivity index (χ1) is 11.5. The Morgan fingerprint density at radius 1 is 1.42 bits per heavy atom. The van der Waals surface area contributed by atoms with Crippen LogP contribution in [-0.4, -0.2) is 46.2 Å². The fraction of sp³-hybridized carbons (Fsp3) is 0.412. The summed E-state index contributed by atoms with van der Waals surface area (Å²) in [6, 6.07) is 5.80. The van der Waals surface area contributed by atoms with Gasteiger partial charge in [-0.2, -0.15) is 0 Å². The smallest absolute Gasteiger partial charge is 0.275 e. The molecule has 1 saturated heterocycles. The third-order valence-corrected chi connectivity index (χ3v) is 4.02. The molecule has 1 N–H and O–H groups in total. The zero-order chi connectivity index (χ0) is 17.1. The van der Waals surface area contributed by atoms with Crippen molar-refractivity contribution in [2.24, 2.45) is 0 Å². The van der Waals surface area contributed by atoms with Gasteiger partial charge in [-0.1, -0.05) is 6.07 Å². The van der Waals surface area contributed by atoms with Gasteiger partial charge in [0.05, 0.1) is 6.10 Å². The fourth-order valence-corrected chi connectivity index (χ4v) is 2.74. The van der Waals surface area contributed by atoms with Crippen molar-refractivity contribution in [1.82, 2.24) is 9.88 Å². The van der Waals surface area contributed by atoms with E-state index in [1.165, 1.54) is 18.4 Å². The van der Waals surface area contributed by atoms with Crippen molar-refractivity contribution in [3.8, 4) is 5.75 Å². The van der Waals surface area contributed by atoms with Crippen molar-refractivity contribution in [3.05, 3.63) is 47.9 Å². The summed E-state index contributed by atoms with van der Waals surface area (Å²) < 4.78 is 24.0. The average molecular weight is 334 g/mol. The number of hydrogen-bond donors (Lipinski definition) is 1. The van der Waals surface area contributed by atoms with E-state index in [1.807, 2.05) is 0 Å². The number of rotatable bonds is 3. The number of carbonyl (C=O) groups is 1. The van der Waals surface area contributed by atoms with Gasteiger partial charge < -0.3 is 19.2 Å². The summed E-state index contributed by atoms with van der Waals surface area (Å²) in [6.45, 7) is 2.49. The highest BCUT2D eigenvalue weighted by Gasteiger charge is 2.29. The van der Waals surface area contributed by atoms with Crippen molar-refractivity contribution >= 4 is 5.91 Å². The Labute approximate surface area is 138 Å². The molecular formula is C17H19FN2O4. The predicted molar refractivity (Wildman–Crippen MR) is 83.2 cm³/mol. The number of oxazole rings is 1. The van der Waals surface area contributed by atoms with Gasteiger partial charge in [-0.15, -0.1) is 0 Å². The number of benzene rings is 1. The first-order valence-electron chi connectivity index (χ1n) is 7.84. The van der Waals surface area contributed by atoms with Gasteiger partial charge in [0.15, 0.2) is 11.6 Å². The molecule has 24 heavy (non-hydrogen) atoms. The first-order valence-corrected chi connectivity index (χ1v) is 7.84. The highest BCUT2D eigenvalue weighted by Crippen LogP contribution is 2.21. The van der Waals surface area contributed by atoms with Crippen molar-refractivity contribution in [1.29, 1.82) is 0 Å². The molecule has 0 bridgehead atoms. The molecule has 1 aliphatic rings. The molecule has 1 aromatic carbocycles. The molecule has 1 amide bonds. The van der Waals surface area contributed by atoms with Crippen LogP contribution in [0.5, 0.6) is 5.75 Å². The monoisotopic (exact) mass is 334 g/mol. The Morgan fingerprint density at radius 3 is 2.92 bits per heavy atom. The number of aliphatic hydroxyl groups is 1. The molecule has 0 spiro atoms. The number of aryl methyl sites for hydroxylation is 1. The lowest BCUT2D eigenvalue weighted by molar-refractivity contribution is 0.0348. The summed E-state index contributed by atoms with van der Waals surface area (Å²) in [6.07, 6.45) is 0.927. The lowest BCUT2D eigenvalue weighted by Gasteiger charge is -2.21. The van der Waals surface area contributed by atoms with E-state index in [0.29, 0.717) is 37.6 Å². The quantitative estimate of drug-likeness (QED) is 0.931. The van der Waals surface area contributed by atoms with Crippen LogP contribution in [0.1, 0.15) is 29.2 Å². The van der Waals surface area contributed by atoms with Crippen LogP contribution < -0.4 is 4.74 Å². The van der Waals surface area contributed by atoms with Crippen LogP contribution in [0.2, 0.25) is 0 Å². The molecule has 7 heteroatoms. The topological polar surface area (TPSA) is 75.8 Å². The van der Waals surface area contributed by atoms with Crippen molar-refractivity contribution in [3.63, 3.8) is 0 Å². The molecule has 0 saturated carbocycles. The number of halogens is 1. The van der Waals surface area contributed by atoms with E-state index >= 15 is 0 Å². The highest BCUT2D eigenvalue weighted by atomic mass is 19.1. The van der Waals surface area contributed by atoms with Gasteiger partial charge >= 0.3 is 0 Å². The summed E-state index contributed by atoms with van der Waals surface area (Å²) in [5.41, 5.74) is 0.256. The lowest BCUT2D eigenvalue weighted by Crippen LogP contribution is -2.32. The van der Waals surface area contributed by atoms with Crippen LogP contribution in [-0.2, 0) is 0 Å². The minimum atomic E-state index is -0.731. The molecule has 1 aromatic heterocycles. The van der Waals surface area contributed by atoms with Crippen LogP contribution >= 0.6 is 0 Å². The van der Waals surface area contributed by atoms with E-state index in [0.717, 1.165) is 0 Å². The zero-order valence-electron chi connectivity index (χ0n) is 13.3. The summed E-state index contributed by atoms with van der Waals surface area (Å²) in [4.78, 5) is 18.1. The lowest BCUT2D eigenvalue weighted by atomic mass is 10.1. The maximum Gasteiger partial charge on any atom is 0.275 e. The first kappa shape index (κ1) is 16.4. The third-order valence-electron chi connectivity index (χ3n) is 4.02. The molecule has 6 nitrogen and oxygen atoms in total. The van der Waals surface area contributed by atoms with E-state index in [4.69, 9.17) is 9.15 Å². The second kappa shape index (κ2) is 7.00. The molecule has 0 radical (unpaired) electrons. The van der Waals surface area contributed by atoms with Gasteiger partial charge in [0, 0.05) is 32.5 Å². The number of amides is 1.